The van der Waals surface area contributed by atoms with Crippen molar-refractivity contribution in [3.05, 3.63) is 0 Å². The molecule has 0 aliphatic heterocycles. The minimum Gasteiger partial charge on any atom is -0.468 e. The van der Waals surface area contributed by atoms with Gasteiger partial charge in [0.25, 0.3) is 0 Å². The van der Waals surface area contributed by atoms with E-state index >= 15 is 0 Å². The summed E-state index contributed by atoms with van der Waals surface area (Å²) in [5.41, 5.74) is 3.17. The van der Waals surface area contributed by atoms with Crippen LogP contribution in [0.5, 0.6) is 0 Å². The number of carbonyl (C=O) groups is 1. The molecule has 0 saturated heterocycles. The SMILES string of the molecule is COC(=O)[C@@](N)(CO)CF. The normalized spacial score (nSPS) is 16.0. The lowest BCUT2D eigenvalue weighted by molar-refractivity contribution is -0.149. The Kier molecular flexibility index (Phi) is 3.24. The van der Waals surface area contributed by atoms with Gasteiger partial charge in [-0.05, 0) is 0 Å². The zero-order chi connectivity index (χ0) is 8.20. The molecule has 0 aromatic heterocycles. The number of hydrogen-bond donors (Lipinski definition) is 2. The average molecular weight is 151 g/mol. The summed E-state index contributed by atoms with van der Waals surface area (Å²) in [5, 5.41) is 8.42. The molecule has 60 valence electrons. The van der Waals surface area contributed by atoms with Crippen molar-refractivity contribution in [1.82, 2.24) is 0 Å². The predicted molar refractivity (Wildman–Crippen MR) is 32.0 cm³/mol. The highest BCUT2D eigenvalue weighted by Gasteiger charge is 2.34. The van der Waals surface area contributed by atoms with Crippen molar-refractivity contribution in [2.45, 2.75) is 5.54 Å². The number of carbonyl (C=O) groups excluding carboxylic acids is 1. The van der Waals surface area contributed by atoms with Crippen LogP contribution in [0.2, 0.25) is 0 Å². The highest BCUT2D eigenvalue weighted by atomic mass is 19.1. The van der Waals surface area contributed by atoms with Crippen LogP contribution in [-0.2, 0) is 9.53 Å². The van der Waals surface area contributed by atoms with E-state index < -0.39 is 24.8 Å². The maximum Gasteiger partial charge on any atom is 0.331 e. The van der Waals surface area contributed by atoms with Crippen molar-refractivity contribution in [3.8, 4) is 0 Å². The van der Waals surface area contributed by atoms with Gasteiger partial charge in [0, 0.05) is 0 Å². The Bertz CT molecular complexity index is 124. The Morgan fingerprint density at radius 1 is 1.90 bits per heavy atom. The van der Waals surface area contributed by atoms with Gasteiger partial charge >= 0.3 is 5.97 Å². The number of ether oxygens (including phenoxy) is 1. The Labute approximate surface area is 57.8 Å². The van der Waals surface area contributed by atoms with Gasteiger partial charge in [-0.3, -0.25) is 0 Å². The van der Waals surface area contributed by atoms with E-state index in [1.807, 2.05) is 0 Å². The first-order chi connectivity index (χ1) is 4.60. The first-order valence-corrected chi connectivity index (χ1v) is 2.65. The van der Waals surface area contributed by atoms with E-state index in [1.165, 1.54) is 0 Å². The number of aliphatic hydroxyl groups is 1. The molecular weight excluding hydrogens is 141 g/mol. The number of alkyl halides is 1. The molecule has 0 heterocycles. The van der Waals surface area contributed by atoms with Crippen LogP contribution in [0.1, 0.15) is 0 Å². The second-order valence-corrected chi connectivity index (χ2v) is 1.94. The van der Waals surface area contributed by atoms with Crippen molar-refractivity contribution < 1.29 is 19.0 Å². The summed E-state index contributed by atoms with van der Waals surface area (Å²) in [5.74, 6) is -0.947. The molecule has 3 N–H and O–H groups in total. The van der Waals surface area contributed by atoms with Crippen LogP contribution in [0.4, 0.5) is 4.39 Å². The van der Waals surface area contributed by atoms with Gasteiger partial charge in [-0.25, -0.2) is 9.18 Å². The Morgan fingerprint density at radius 2 is 2.40 bits per heavy atom. The third kappa shape index (κ3) is 1.65. The Morgan fingerprint density at radius 3 is 2.50 bits per heavy atom. The Balaban J connectivity index is 4.17. The zero-order valence-electron chi connectivity index (χ0n) is 5.63. The smallest absolute Gasteiger partial charge is 0.331 e. The summed E-state index contributed by atoms with van der Waals surface area (Å²) in [6, 6.07) is 0. The van der Waals surface area contributed by atoms with Gasteiger partial charge in [-0.1, -0.05) is 0 Å². The minimum atomic E-state index is -1.88. The van der Waals surface area contributed by atoms with Gasteiger partial charge < -0.3 is 15.6 Å². The third-order valence-electron chi connectivity index (χ3n) is 1.11. The van der Waals surface area contributed by atoms with E-state index in [2.05, 4.69) is 4.74 Å². The number of nitrogens with two attached hydrogens (primary N) is 1. The topological polar surface area (TPSA) is 72.5 Å². The molecule has 0 amide bonds. The molecule has 1 atom stereocenters. The van der Waals surface area contributed by atoms with E-state index in [0.717, 1.165) is 7.11 Å². The van der Waals surface area contributed by atoms with Crippen molar-refractivity contribution in [3.63, 3.8) is 0 Å². The predicted octanol–water partition coefficient (Wildman–Crippen LogP) is -1.18. The van der Waals surface area contributed by atoms with Crippen LogP contribution in [0.3, 0.4) is 0 Å². The number of esters is 1. The number of aliphatic hydroxyl groups excluding tert-OH is 1. The molecule has 10 heavy (non-hydrogen) atoms. The van der Waals surface area contributed by atoms with E-state index in [1.54, 1.807) is 0 Å². The average Bonchev–Trinajstić information content (AvgIpc) is 2.01. The van der Waals surface area contributed by atoms with Crippen LogP contribution in [0.25, 0.3) is 0 Å². The number of rotatable bonds is 3. The highest BCUT2D eigenvalue weighted by Crippen LogP contribution is 2.02. The van der Waals surface area contributed by atoms with Crippen molar-refractivity contribution in [2.75, 3.05) is 20.4 Å². The fourth-order valence-electron chi connectivity index (χ4n) is 0.365. The molecule has 0 radical (unpaired) electrons. The van der Waals surface area contributed by atoms with Gasteiger partial charge in [-0.15, -0.1) is 0 Å². The van der Waals surface area contributed by atoms with Gasteiger partial charge in [0.1, 0.15) is 6.67 Å². The minimum absolute atomic E-state index is 0.754. The van der Waals surface area contributed by atoms with Crippen LogP contribution in [0.15, 0.2) is 0 Å². The fraction of sp³-hybridized carbons (Fsp3) is 0.800. The van der Waals surface area contributed by atoms with Gasteiger partial charge in [0.15, 0.2) is 5.54 Å². The third-order valence-corrected chi connectivity index (χ3v) is 1.11. The van der Waals surface area contributed by atoms with E-state index in [-0.39, 0.29) is 0 Å². The maximum absolute atomic E-state index is 11.9. The van der Waals surface area contributed by atoms with Gasteiger partial charge in [-0.2, -0.15) is 0 Å². The molecule has 0 unspecified atom stereocenters. The van der Waals surface area contributed by atoms with E-state index in [0.29, 0.717) is 0 Å². The van der Waals surface area contributed by atoms with Gasteiger partial charge in [0.2, 0.25) is 0 Å². The largest absolute Gasteiger partial charge is 0.468 e. The fourth-order valence-corrected chi connectivity index (χ4v) is 0.365. The van der Waals surface area contributed by atoms with Crippen LogP contribution < -0.4 is 5.73 Å². The number of halogens is 1. The lowest BCUT2D eigenvalue weighted by Crippen LogP contribution is -2.54. The van der Waals surface area contributed by atoms with Crippen LogP contribution >= 0.6 is 0 Å². The quantitative estimate of drug-likeness (QED) is 0.498. The molecule has 0 aliphatic carbocycles. The second-order valence-electron chi connectivity index (χ2n) is 1.94. The van der Waals surface area contributed by atoms with Crippen molar-refractivity contribution in [2.24, 2.45) is 5.73 Å². The summed E-state index contributed by atoms with van der Waals surface area (Å²) >= 11 is 0. The van der Waals surface area contributed by atoms with Crippen LogP contribution in [0, 0.1) is 0 Å². The van der Waals surface area contributed by atoms with Crippen molar-refractivity contribution >= 4 is 5.97 Å². The maximum atomic E-state index is 11.9. The van der Waals surface area contributed by atoms with Crippen LogP contribution in [-0.4, -0.2) is 37.0 Å². The molecule has 5 heteroatoms. The molecule has 0 spiro atoms. The van der Waals surface area contributed by atoms with Gasteiger partial charge in [0.05, 0.1) is 13.7 Å². The van der Waals surface area contributed by atoms with E-state index in [9.17, 15) is 9.18 Å². The number of hydrogen-bond acceptors (Lipinski definition) is 4. The lowest BCUT2D eigenvalue weighted by atomic mass is 10.1. The molecule has 0 rings (SSSR count). The molecule has 0 saturated carbocycles. The summed E-state index contributed by atoms with van der Waals surface area (Å²) < 4.78 is 16.0. The first kappa shape index (κ1) is 9.32. The monoisotopic (exact) mass is 151 g/mol. The summed E-state index contributed by atoms with van der Waals surface area (Å²) in [7, 11) is 1.08. The molecule has 0 aromatic carbocycles. The summed E-state index contributed by atoms with van der Waals surface area (Å²) in [6.07, 6.45) is 0. The molecular formula is C5H10FNO3. The molecule has 0 aliphatic rings. The molecule has 0 bridgehead atoms. The second kappa shape index (κ2) is 3.48. The highest BCUT2D eigenvalue weighted by molar-refractivity contribution is 5.80. The van der Waals surface area contributed by atoms with E-state index in [4.69, 9.17) is 10.8 Å². The first-order valence-electron chi connectivity index (χ1n) is 2.65. The molecule has 0 fully saturated rings. The summed E-state index contributed by atoms with van der Waals surface area (Å²) in [4.78, 5) is 10.5. The lowest BCUT2D eigenvalue weighted by Gasteiger charge is -2.19. The zero-order valence-corrected chi connectivity index (χ0v) is 5.63. The standard InChI is InChI=1S/C5H10FNO3/c1-10-4(9)5(7,2-6)3-8/h8H,2-3,7H2,1H3/t5-/m0/s1. The number of methoxy groups -OCH3 is 1. The summed E-state index contributed by atoms with van der Waals surface area (Å²) in [6.45, 7) is -1.88. The van der Waals surface area contributed by atoms with Crippen molar-refractivity contribution in [1.29, 1.82) is 0 Å². The molecule has 4 nitrogen and oxygen atoms in total. The Hall–Kier alpha value is -0.680. The molecule has 0 aromatic rings.